The van der Waals surface area contributed by atoms with E-state index >= 15 is 0 Å². The van der Waals surface area contributed by atoms with Crippen LogP contribution in [0.4, 0.5) is 4.39 Å². The van der Waals surface area contributed by atoms with Gasteiger partial charge in [-0.25, -0.2) is 4.39 Å². The summed E-state index contributed by atoms with van der Waals surface area (Å²) in [5, 5.41) is 3.13. The molecule has 0 spiro atoms. The highest BCUT2D eigenvalue weighted by Gasteiger charge is 2.11. The van der Waals surface area contributed by atoms with Crippen molar-refractivity contribution in [3.8, 4) is 0 Å². The summed E-state index contributed by atoms with van der Waals surface area (Å²) in [6.07, 6.45) is 0. The van der Waals surface area contributed by atoms with Gasteiger partial charge in [0.05, 0.1) is 13.2 Å². The summed E-state index contributed by atoms with van der Waals surface area (Å²) in [4.78, 5) is 0. The molecule has 1 unspecified atom stereocenters. The zero-order chi connectivity index (χ0) is 14.2. The molecule has 0 aromatic heterocycles. The number of ether oxygens (including phenoxy) is 1. The van der Waals surface area contributed by atoms with Crippen LogP contribution in [0.3, 0.4) is 0 Å². The van der Waals surface area contributed by atoms with Crippen LogP contribution in [-0.2, 0) is 11.3 Å². The zero-order valence-corrected chi connectivity index (χ0v) is 11.7. The summed E-state index contributed by atoms with van der Waals surface area (Å²) < 4.78 is 19.1. The molecule has 2 aromatic rings. The van der Waals surface area contributed by atoms with Crippen molar-refractivity contribution >= 4 is 0 Å². The fourth-order valence-electron chi connectivity index (χ4n) is 2.17. The van der Waals surface area contributed by atoms with Crippen molar-refractivity contribution in [2.24, 2.45) is 0 Å². The third kappa shape index (κ3) is 4.44. The third-order valence-electron chi connectivity index (χ3n) is 3.20. The molecule has 1 N–H and O–H groups in total. The molecule has 106 valence electrons. The average molecular weight is 273 g/mol. The minimum absolute atomic E-state index is 0.152. The van der Waals surface area contributed by atoms with Crippen molar-refractivity contribution in [1.29, 1.82) is 0 Å². The molecule has 0 heterocycles. The molecule has 0 saturated carbocycles. The molecule has 0 aliphatic heterocycles. The fourth-order valence-corrected chi connectivity index (χ4v) is 2.17. The van der Waals surface area contributed by atoms with E-state index in [2.05, 4.69) is 5.32 Å². The summed E-state index contributed by atoms with van der Waals surface area (Å²) >= 11 is 0. The number of hydrogen-bond donors (Lipinski definition) is 1. The molecule has 0 aliphatic carbocycles. The van der Waals surface area contributed by atoms with Crippen LogP contribution < -0.4 is 5.32 Å². The standard InChI is InChI=1S/C17H20FNO/c1-19-11-16(15-8-5-9-17(18)10-15)13-20-12-14-6-3-2-4-7-14/h2-10,16,19H,11-13H2,1H3. The van der Waals surface area contributed by atoms with Crippen molar-refractivity contribution in [3.05, 3.63) is 71.5 Å². The summed E-state index contributed by atoms with van der Waals surface area (Å²) in [7, 11) is 1.89. The molecule has 0 bridgehead atoms. The highest BCUT2D eigenvalue weighted by molar-refractivity contribution is 5.21. The van der Waals surface area contributed by atoms with E-state index in [-0.39, 0.29) is 11.7 Å². The van der Waals surface area contributed by atoms with Gasteiger partial charge < -0.3 is 10.1 Å². The van der Waals surface area contributed by atoms with Crippen LogP contribution in [0, 0.1) is 5.82 Å². The molecule has 0 amide bonds. The summed E-state index contributed by atoms with van der Waals surface area (Å²) in [6, 6.07) is 16.8. The lowest BCUT2D eigenvalue weighted by atomic mass is 10.00. The van der Waals surface area contributed by atoms with Gasteiger partial charge >= 0.3 is 0 Å². The van der Waals surface area contributed by atoms with Gasteiger partial charge in [0.25, 0.3) is 0 Å². The molecule has 0 radical (unpaired) electrons. The summed E-state index contributed by atoms with van der Waals surface area (Å²) in [5.74, 6) is -0.0499. The average Bonchev–Trinajstić information content (AvgIpc) is 2.47. The first-order chi connectivity index (χ1) is 9.79. The fraction of sp³-hybridized carbons (Fsp3) is 0.294. The van der Waals surface area contributed by atoms with E-state index in [4.69, 9.17) is 4.74 Å². The molecule has 0 fully saturated rings. The number of nitrogens with one attached hydrogen (secondary N) is 1. The summed E-state index contributed by atoms with van der Waals surface area (Å²) in [6.45, 7) is 1.91. The summed E-state index contributed by atoms with van der Waals surface area (Å²) in [5.41, 5.74) is 2.11. The van der Waals surface area contributed by atoms with Crippen LogP contribution in [0.25, 0.3) is 0 Å². The second-order valence-electron chi connectivity index (χ2n) is 4.81. The lowest BCUT2D eigenvalue weighted by molar-refractivity contribution is 0.107. The Morgan fingerprint density at radius 1 is 1.10 bits per heavy atom. The van der Waals surface area contributed by atoms with E-state index in [1.54, 1.807) is 12.1 Å². The van der Waals surface area contributed by atoms with Crippen LogP contribution in [0.1, 0.15) is 17.0 Å². The van der Waals surface area contributed by atoms with Crippen molar-refractivity contribution < 1.29 is 9.13 Å². The second kappa shape index (κ2) is 7.78. The van der Waals surface area contributed by atoms with E-state index in [9.17, 15) is 4.39 Å². The number of benzene rings is 2. The molecule has 2 aromatic carbocycles. The van der Waals surface area contributed by atoms with Crippen LogP contribution in [0.2, 0.25) is 0 Å². The van der Waals surface area contributed by atoms with Gasteiger partial charge in [0, 0.05) is 12.5 Å². The largest absolute Gasteiger partial charge is 0.376 e. The zero-order valence-electron chi connectivity index (χ0n) is 11.7. The van der Waals surface area contributed by atoms with Crippen molar-refractivity contribution in [3.63, 3.8) is 0 Å². The Morgan fingerprint density at radius 2 is 1.90 bits per heavy atom. The first-order valence-corrected chi connectivity index (χ1v) is 6.81. The molecule has 0 aliphatic rings. The topological polar surface area (TPSA) is 21.3 Å². The molecule has 1 atom stereocenters. The van der Waals surface area contributed by atoms with Crippen LogP contribution >= 0.6 is 0 Å². The van der Waals surface area contributed by atoms with Gasteiger partial charge in [0.2, 0.25) is 0 Å². The van der Waals surface area contributed by atoms with Gasteiger partial charge in [-0.3, -0.25) is 0 Å². The molecule has 2 nitrogen and oxygen atoms in total. The Bertz CT molecular complexity index is 515. The third-order valence-corrected chi connectivity index (χ3v) is 3.20. The quantitative estimate of drug-likeness (QED) is 0.835. The molecular weight excluding hydrogens is 253 g/mol. The molecule has 3 heteroatoms. The predicted molar refractivity (Wildman–Crippen MR) is 79.2 cm³/mol. The SMILES string of the molecule is CNCC(COCc1ccccc1)c1cccc(F)c1. The lowest BCUT2D eigenvalue weighted by Gasteiger charge is -2.17. The second-order valence-corrected chi connectivity index (χ2v) is 4.81. The van der Waals surface area contributed by atoms with Crippen LogP contribution in [0.5, 0.6) is 0 Å². The number of halogens is 1. The van der Waals surface area contributed by atoms with Crippen molar-refractivity contribution in [2.75, 3.05) is 20.2 Å². The van der Waals surface area contributed by atoms with Gasteiger partial charge in [-0.2, -0.15) is 0 Å². The van der Waals surface area contributed by atoms with E-state index in [0.717, 1.165) is 17.7 Å². The first-order valence-electron chi connectivity index (χ1n) is 6.81. The first kappa shape index (κ1) is 14.7. The number of rotatable bonds is 7. The van der Waals surface area contributed by atoms with E-state index in [1.165, 1.54) is 6.07 Å². The van der Waals surface area contributed by atoms with E-state index in [0.29, 0.717) is 13.2 Å². The maximum Gasteiger partial charge on any atom is 0.123 e. The Balaban J connectivity index is 1.92. The van der Waals surface area contributed by atoms with Crippen molar-refractivity contribution in [1.82, 2.24) is 5.32 Å². The Kier molecular flexibility index (Phi) is 5.71. The molecule has 2 rings (SSSR count). The lowest BCUT2D eigenvalue weighted by Crippen LogP contribution is -2.21. The maximum atomic E-state index is 13.3. The van der Waals surface area contributed by atoms with Gasteiger partial charge in [-0.15, -0.1) is 0 Å². The molecule has 20 heavy (non-hydrogen) atoms. The molecular formula is C17H20FNO. The number of likely N-dealkylation sites (N-methyl/N-ethyl adjacent to an activating group) is 1. The maximum absolute atomic E-state index is 13.3. The number of hydrogen-bond acceptors (Lipinski definition) is 2. The van der Waals surface area contributed by atoms with Crippen LogP contribution in [-0.4, -0.2) is 20.2 Å². The highest BCUT2D eigenvalue weighted by Crippen LogP contribution is 2.17. The van der Waals surface area contributed by atoms with Crippen molar-refractivity contribution in [2.45, 2.75) is 12.5 Å². The minimum atomic E-state index is -0.202. The van der Waals surface area contributed by atoms with E-state index < -0.39 is 0 Å². The Labute approximate surface area is 119 Å². The van der Waals surface area contributed by atoms with Gasteiger partial charge in [0.1, 0.15) is 5.82 Å². The van der Waals surface area contributed by atoms with Gasteiger partial charge in [-0.05, 0) is 30.3 Å². The monoisotopic (exact) mass is 273 g/mol. The van der Waals surface area contributed by atoms with E-state index in [1.807, 2.05) is 43.4 Å². The highest BCUT2D eigenvalue weighted by atomic mass is 19.1. The predicted octanol–water partition coefficient (Wildman–Crippen LogP) is 3.35. The van der Waals surface area contributed by atoms with Gasteiger partial charge in [0.15, 0.2) is 0 Å². The molecule has 0 saturated heterocycles. The normalized spacial score (nSPS) is 12.3. The minimum Gasteiger partial charge on any atom is -0.376 e. The van der Waals surface area contributed by atoms with Crippen LogP contribution in [0.15, 0.2) is 54.6 Å². The Morgan fingerprint density at radius 3 is 2.60 bits per heavy atom. The smallest absolute Gasteiger partial charge is 0.123 e. The van der Waals surface area contributed by atoms with Gasteiger partial charge in [-0.1, -0.05) is 42.5 Å². The Hall–Kier alpha value is -1.71.